The van der Waals surface area contributed by atoms with Crippen LogP contribution in [0.15, 0.2) is 18.3 Å². The topological polar surface area (TPSA) is 41.6 Å². The molecule has 4 heteroatoms. The molecule has 0 aliphatic carbocycles. The molecular formula is C11H15N3Se. The Kier molecular flexibility index (Phi) is 3.75. The summed E-state index contributed by atoms with van der Waals surface area (Å²) in [6.45, 7) is 2.23. The number of imidazole rings is 1. The van der Waals surface area contributed by atoms with Gasteiger partial charge >= 0.3 is 95.6 Å². The third kappa shape index (κ3) is 2.80. The van der Waals surface area contributed by atoms with E-state index in [1.165, 1.54) is 24.6 Å². The second-order valence-electron chi connectivity index (χ2n) is 3.47. The average Bonchev–Trinajstić information content (AvgIpc) is 2.67. The summed E-state index contributed by atoms with van der Waals surface area (Å²) in [5, 5.41) is 1.28. The van der Waals surface area contributed by atoms with Crippen LogP contribution in [0.5, 0.6) is 0 Å². The second kappa shape index (κ2) is 5.29. The van der Waals surface area contributed by atoms with Crippen molar-refractivity contribution in [3.63, 3.8) is 0 Å². The van der Waals surface area contributed by atoms with E-state index in [9.17, 15) is 0 Å². The van der Waals surface area contributed by atoms with Crippen LogP contribution >= 0.6 is 0 Å². The molecule has 2 aromatic rings. The van der Waals surface area contributed by atoms with Crippen LogP contribution in [0.25, 0.3) is 11.2 Å². The van der Waals surface area contributed by atoms with Crippen LogP contribution in [0.2, 0.25) is 5.32 Å². The molecule has 0 spiro atoms. The van der Waals surface area contributed by atoms with Crippen molar-refractivity contribution in [1.29, 1.82) is 0 Å². The van der Waals surface area contributed by atoms with Gasteiger partial charge in [0.2, 0.25) is 0 Å². The number of hydrogen-bond donors (Lipinski definition) is 1. The molecule has 0 saturated carbocycles. The molecule has 0 radical (unpaired) electrons. The normalized spacial score (nSPS) is 11.0. The van der Waals surface area contributed by atoms with Crippen LogP contribution in [0.3, 0.4) is 0 Å². The number of pyridine rings is 1. The summed E-state index contributed by atoms with van der Waals surface area (Å²) in [5.41, 5.74) is 1.91. The van der Waals surface area contributed by atoms with E-state index in [4.69, 9.17) is 0 Å². The zero-order valence-corrected chi connectivity index (χ0v) is 10.6. The fourth-order valence-corrected chi connectivity index (χ4v) is 3.25. The summed E-state index contributed by atoms with van der Waals surface area (Å²) < 4.78 is 1.13. The molecule has 0 aromatic carbocycles. The van der Waals surface area contributed by atoms with E-state index in [1.54, 1.807) is 6.20 Å². The molecule has 2 aromatic heterocycles. The zero-order valence-electron chi connectivity index (χ0n) is 8.86. The van der Waals surface area contributed by atoms with Crippen molar-refractivity contribution in [1.82, 2.24) is 15.0 Å². The summed E-state index contributed by atoms with van der Waals surface area (Å²) in [6, 6.07) is 3.97. The van der Waals surface area contributed by atoms with E-state index < -0.39 is 0 Å². The molecule has 0 bridgehead atoms. The molecule has 2 heterocycles. The molecule has 0 amide bonds. The van der Waals surface area contributed by atoms with Gasteiger partial charge in [-0.2, -0.15) is 0 Å². The van der Waals surface area contributed by atoms with Gasteiger partial charge in [0, 0.05) is 0 Å². The van der Waals surface area contributed by atoms with Crippen LogP contribution < -0.4 is 4.72 Å². The van der Waals surface area contributed by atoms with Crippen molar-refractivity contribution < 1.29 is 0 Å². The summed E-state index contributed by atoms with van der Waals surface area (Å²) in [5.74, 6) is 0. The second-order valence-corrected chi connectivity index (χ2v) is 5.75. The SMILES string of the molecule is CCCCC[Se]c1nc2ncccc2[nH]1. The van der Waals surface area contributed by atoms with Gasteiger partial charge in [-0.05, 0) is 0 Å². The van der Waals surface area contributed by atoms with Crippen LogP contribution in [0.4, 0.5) is 0 Å². The van der Waals surface area contributed by atoms with Gasteiger partial charge in [0.05, 0.1) is 0 Å². The van der Waals surface area contributed by atoms with Gasteiger partial charge < -0.3 is 0 Å². The molecule has 0 fully saturated rings. The van der Waals surface area contributed by atoms with E-state index in [0.29, 0.717) is 15.0 Å². The maximum atomic E-state index is 4.47. The Labute approximate surface area is 95.9 Å². The molecule has 0 aliphatic heterocycles. The van der Waals surface area contributed by atoms with Gasteiger partial charge in [0.25, 0.3) is 0 Å². The predicted molar refractivity (Wildman–Crippen MR) is 63.6 cm³/mol. The fourth-order valence-electron chi connectivity index (χ4n) is 1.41. The number of aromatic nitrogens is 3. The van der Waals surface area contributed by atoms with Crippen molar-refractivity contribution in [3.05, 3.63) is 18.3 Å². The Bertz CT molecular complexity index is 391. The Morgan fingerprint density at radius 3 is 3.13 bits per heavy atom. The number of aromatic amines is 1. The Morgan fingerprint density at radius 1 is 1.40 bits per heavy atom. The number of nitrogens with zero attached hydrogens (tertiary/aromatic N) is 2. The molecule has 1 N–H and O–H groups in total. The molecule has 3 nitrogen and oxygen atoms in total. The first kappa shape index (κ1) is 10.7. The third-order valence-electron chi connectivity index (χ3n) is 2.22. The summed E-state index contributed by atoms with van der Waals surface area (Å²) in [7, 11) is 0. The summed E-state index contributed by atoms with van der Waals surface area (Å²) >= 11 is 0.482. The number of fused-ring (bicyclic) bond motifs is 1. The molecule has 80 valence electrons. The number of H-pyrrole nitrogens is 1. The Balaban J connectivity index is 1.97. The summed E-state index contributed by atoms with van der Waals surface area (Å²) in [6.07, 6.45) is 5.73. The molecule has 15 heavy (non-hydrogen) atoms. The zero-order chi connectivity index (χ0) is 10.5. The number of nitrogens with one attached hydrogen (secondary N) is 1. The minimum absolute atomic E-state index is 0.482. The van der Waals surface area contributed by atoms with Crippen molar-refractivity contribution >= 4 is 30.8 Å². The van der Waals surface area contributed by atoms with Gasteiger partial charge in [-0.3, -0.25) is 0 Å². The van der Waals surface area contributed by atoms with Crippen LogP contribution in [-0.2, 0) is 0 Å². The molecular weight excluding hydrogens is 253 g/mol. The van der Waals surface area contributed by atoms with E-state index in [-0.39, 0.29) is 0 Å². The fraction of sp³-hybridized carbons (Fsp3) is 0.455. The van der Waals surface area contributed by atoms with Crippen LogP contribution in [0.1, 0.15) is 26.2 Å². The Hall–Kier alpha value is -0.861. The van der Waals surface area contributed by atoms with Crippen molar-refractivity contribution in [3.8, 4) is 0 Å². The molecule has 0 aliphatic rings. The van der Waals surface area contributed by atoms with E-state index in [2.05, 4.69) is 21.9 Å². The van der Waals surface area contributed by atoms with Crippen molar-refractivity contribution in [2.75, 3.05) is 0 Å². The number of hydrogen-bond acceptors (Lipinski definition) is 2. The van der Waals surface area contributed by atoms with Gasteiger partial charge in [0.15, 0.2) is 0 Å². The van der Waals surface area contributed by atoms with Gasteiger partial charge in [0.1, 0.15) is 0 Å². The Morgan fingerprint density at radius 2 is 2.33 bits per heavy atom. The van der Waals surface area contributed by atoms with E-state index >= 15 is 0 Å². The monoisotopic (exact) mass is 269 g/mol. The standard InChI is InChI=1S/C11H15N3Se/c1-2-3-4-8-15-11-13-9-6-5-7-12-10(9)14-11/h5-7H,2-4,8H2,1H3,(H,12,13,14). The van der Waals surface area contributed by atoms with Crippen LogP contribution in [-0.4, -0.2) is 29.9 Å². The molecule has 0 atom stereocenters. The van der Waals surface area contributed by atoms with Gasteiger partial charge in [-0.15, -0.1) is 0 Å². The predicted octanol–water partition coefficient (Wildman–Crippen LogP) is 1.90. The molecule has 0 unspecified atom stereocenters. The van der Waals surface area contributed by atoms with Gasteiger partial charge in [-0.25, -0.2) is 0 Å². The average molecular weight is 268 g/mol. The van der Waals surface area contributed by atoms with E-state index in [1.807, 2.05) is 12.1 Å². The van der Waals surface area contributed by atoms with Gasteiger partial charge in [-0.1, -0.05) is 0 Å². The first-order valence-corrected chi connectivity index (χ1v) is 7.40. The maximum absolute atomic E-state index is 4.47. The van der Waals surface area contributed by atoms with Crippen LogP contribution in [0, 0.1) is 0 Å². The summed E-state index contributed by atoms with van der Waals surface area (Å²) in [4.78, 5) is 12.0. The van der Waals surface area contributed by atoms with Crippen molar-refractivity contribution in [2.45, 2.75) is 31.5 Å². The number of unbranched alkanes of at least 4 members (excludes halogenated alkanes) is 2. The minimum atomic E-state index is 0.482. The molecule has 2 rings (SSSR count). The quantitative estimate of drug-likeness (QED) is 0.664. The van der Waals surface area contributed by atoms with Crippen molar-refractivity contribution in [2.24, 2.45) is 0 Å². The third-order valence-corrected chi connectivity index (χ3v) is 4.24. The first-order chi connectivity index (χ1) is 7.40. The number of rotatable bonds is 5. The van der Waals surface area contributed by atoms with E-state index in [0.717, 1.165) is 15.9 Å². The molecule has 0 saturated heterocycles. The first-order valence-electron chi connectivity index (χ1n) is 5.33.